The van der Waals surface area contributed by atoms with Crippen LogP contribution < -0.4 is 5.56 Å². The van der Waals surface area contributed by atoms with Crippen LogP contribution in [0.25, 0.3) is 11.6 Å². The van der Waals surface area contributed by atoms with Crippen LogP contribution in [0.1, 0.15) is 22.8 Å². The Bertz CT molecular complexity index is 776. The van der Waals surface area contributed by atoms with Crippen molar-refractivity contribution >= 4 is 11.3 Å². The molecule has 0 fully saturated rings. The van der Waals surface area contributed by atoms with Crippen LogP contribution >= 0.6 is 11.3 Å². The summed E-state index contributed by atoms with van der Waals surface area (Å²) >= 11 is 1.75. The van der Waals surface area contributed by atoms with E-state index in [9.17, 15) is 4.79 Å². The molecule has 0 atom stereocenters. The van der Waals surface area contributed by atoms with E-state index in [0.717, 1.165) is 19.3 Å². The highest BCUT2D eigenvalue weighted by Crippen LogP contribution is 2.16. The predicted octanol–water partition coefficient (Wildman–Crippen LogP) is 2.37. The normalized spacial score (nSPS) is 10.9. The molecule has 3 aromatic heterocycles. The summed E-state index contributed by atoms with van der Waals surface area (Å²) in [5.74, 6) is 0.924. The van der Waals surface area contributed by atoms with Crippen molar-refractivity contribution in [1.29, 1.82) is 0 Å². The summed E-state index contributed by atoms with van der Waals surface area (Å²) in [5.41, 5.74) is 0.844. The van der Waals surface area contributed by atoms with Crippen LogP contribution in [0.4, 0.5) is 0 Å². The number of thiophene rings is 1. The highest BCUT2D eigenvalue weighted by Gasteiger charge is 2.11. The van der Waals surface area contributed by atoms with Gasteiger partial charge in [-0.05, 0) is 37.3 Å². The first kappa shape index (κ1) is 13.7. The summed E-state index contributed by atoms with van der Waals surface area (Å²) < 4.78 is 5.58. The van der Waals surface area contributed by atoms with Crippen molar-refractivity contribution in [2.45, 2.75) is 26.2 Å². The molecule has 7 heteroatoms. The van der Waals surface area contributed by atoms with E-state index in [0.29, 0.717) is 23.0 Å². The fourth-order valence-electron chi connectivity index (χ4n) is 1.94. The Labute approximate surface area is 124 Å². The number of H-pyrrole nitrogens is 1. The van der Waals surface area contributed by atoms with E-state index in [2.05, 4.69) is 37.9 Å². The van der Waals surface area contributed by atoms with E-state index < -0.39 is 0 Å². The van der Waals surface area contributed by atoms with Gasteiger partial charge >= 0.3 is 0 Å². The Kier molecular flexibility index (Phi) is 3.92. The lowest BCUT2D eigenvalue weighted by Gasteiger charge is -1.96. The van der Waals surface area contributed by atoms with E-state index in [1.165, 1.54) is 4.88 Å². The molecule has 21 heavy (non-hydrogen) atoms. The molecule has 3 aromatic rings. The third-order valence-electron chi connectivity index (χ3n) is 3.07. The summed E-state index contributed by atoms with van der Waals surface area (Å²) in [7, 11) is 0. The molecule has 0 aliphatic heterocycles. The fourth-order valence-corrected chi connectivity index (χ4v) is 2.69. The van der Waals surface area contributed by atoms with Crippen LogP contribution in [-0.4, -0.2) is 20.4 Å². The highest BCUT2D eigenvalue weighted by molar-refractivity contribution is 7.09. The maximum Gasteiger partial charge on any atom is 0.268 e. The number of hydrogen-bond donors (Lipinski definition) is 1. The monoisotopic (exact) mass is 302 g/mol. The summed E-state index contributed by atoms with van der Waals surface area (Å²) in [4.78, 5) is 12.6. The maximum absolute atomic E-state index is 11.3. The fraction of sp³-hybridized carbons (Fsp3) is 0.286. The second kappa shape index (κ2) is 6.01. The zero-order valence-electron chi connectivity index (χ0n) is 11.5. The number of nitrogens with one attached hydrogen (secondary N) is 1. The van der Waals surface area contributed by atoms with Gasteiger partial charge in [0.1, 0.15) is 5.69 Å². The van der Waals surface area contributed by atoms with Crippen molar-refractivity contribution < 1.29 is 4.42 Å². The first-order valence-corrected chi connectivity index (χ1v) is 7.52. The van der Waals surface area contributed by atoms with Crippen molar-refractivity contribution in [1.82, 2.24) is 20.4 Å². The lowest BCUT2D eigenvalue weighted by Crippen LogP contribution is -2.11. The number of aromatic amines is 1. The van der Waals surface area contributed by atoms with Crippen LogP contribution in [0.3, 0.4) is 0 Å². The summed E-state index contributed by atoms with van der Waals surface area (Å²) in [6, 6.07) is 5.81. The third kappa shape index (κ3) is 3.25. The van der Waals surface area contributed by atoms with Gasteiger partial charge in [-0.3, -0.25) is 4.79 Å². The molecule has 0 spiro atoms. The number of hydrogen-bond acceptors (Lipinski definition) is 6. The molecule has 3 heterocycles. The van der Waals surface area contributed by atoms with Crippen molar-refractivity contribution in [3.63, 3.8) is 0 Å². The van der Waals surface area contributed by atoms with Gasteiger partial charge in [0, 0.05) is 16.9 Å². The van der Waals surface area contributed by atoms with E-state index >= 15 is 0 Å². The van der Waals surface area contributed by atoms with Gasteiger partial charge in [0.05, 0.1) is 0 Å². The van der Waals surface area contributed by atoms with Gasteiger partial charge in [0.15, 0.2) is 0 Å². The first-order valence-electron chi connectivity index (χ1n) is 6.64. The van der Waals surface area contributed by atoms with Crippen molar-refractivity contribution in [2.24, 2.45) is 0 Å². The van der Waals surface area contributed by atoms with Gasteiger partial charge in [-0.2, -0.15) is 5.10 Å². The smallest absolute Gasteiger partial charge is 0.268 e. The third-order valence-corrected chi connectivity index (χ3v) is 4.01. The molecule has 0 saturated heterocycles. The molecule has 0 radical (unpaired) electrons. The zero-order chi connectivity index (χ0) is 14.7. The summed E-state index contributed by atoms with van der Waals surface area (Å²) in [5, 5.41) is 16.4. The van der Waals surface area contributed by atoms with E-state index in [-0.39, 0.29) is 5.56 Å². The Balaban J connectivity index is 1.65. The molecule has 1 N–H and O–H groups in total. The van der Waals surface area contributed by atoms with Crippen LogP contribution in [0, 0.1) is 6.92 Å². The van der Waals surface area contributed by atoms with E-state index in [1.54, 1.807) is 24.3 Å². The molecule has 0 aliphatic carbocycles. The van der Waals surface area contributed by atoms with Gasteiger partial charge < -0.3 is 4.42 Å². The second-order valence-corrected chi connectivity index (χ2v) is 5.73. The molecule has 108 valence electrons. The molecular formula is C14H14N4O2S. The standard InChI is InChI=1S/C14H14N4O2S/c1-9-8-11(15-17-13(9)19)14-18-16-12(20-14)6-2-4-10-5-3-7-21-10/h3,5,7-8H,2,4,6H2,1H3,(H,17,19). The minimum absolute atomic E-state index is 0.213. The molecule has 0 saturated carbocycles. The first-order chi connectivity index (χ1) is 10.2. The van der Waals surface area contributed by atoms with E-state index in [4.69, 9.17) is 4.42 Å². The second-order valence-electron chi connectivity index (χ2n) is 4.70. The summed E-state index contributed by atoms with van der Waals surface area (Å²) in [6.07, 6.45) is 2.69. The summed E-state index contributed by atoms with van der Waals surface area (Å²) in [6.45, 7) is 1.71. The number of rotatable bonds is 5. The molecule has 0 unspecified atom stereocenters. The molecule has 3 rings (SSSR count). The molecule has 0 amide bonds. The van der Waals surface area contributed by atoms with Crippen molar-refractivity contribution in [3.8, 4) is 11.6 Å². The zero-order valence-corrected chi connectivity index (χ0v) is 12.3. The van der Waals surface area contributed by atoms with Gasteiger partial charge in [-0.25, -0.2) is 5.10 Å². The molecule has 0 aromatic carbocycles. The number of nitrogens with zero attached hydrogens (tertiary/aromatic N) is 3. The topological polar surface area (TPSA) is 84.7 Å². The highest BCUT2D eigenvalue weighted by atomic mass is 32.1. The van der Waals surface area contributed by atoms with Gasteiger partial charge in [0.25, 0.3) is 11.4 Å². The van der Waals surface area contributed by atoms with Crippen molar-refractivity contribution in [2.75, 3.05) is 0 Å². The largest absolute Gasteiger partial charge is 0.419 e. The van der Waals surface area contributed by atoms with E-state index in [1.807, 2.05) is 0 Å². The minimum atomic E-state index is -0.213. The van der Waals surface area contributed by atoms with Gasteiger partial charge in [-0.15, -0.1) is 21.5 Å². The van der Waals surface area contributed by atoms with Gasteiger partial charge in [0.2, 0.25) is 5.89 Å². The lowest BCUT2D eigenvalue weighted by molar-refractivity contribution is 0.495. The Morgan fingerprint density at radius 3 is 3.00 bits per heavy atom. The maximum atomic E-state index is 11.3. The predicted molar refractivity (Wildman–Crippen MR) is 79.2 cm³/mol. The van der Waals surface area contributed by atoms with Crippen LogP contribution in [0.2, 0.25) is 0 Å². The Hall–Kier alpha value is -2.28. The molecule has 6 nitrogen and oxygen atoms in total. The quantitative estimate of drug-likeness (QED) is 0.782. The van der Waals surface area contributed by atoms with Crippen LogP contribution in [0.15, 0.2) is 32.8 Å². The van der Waals surface area contributed by atoms with Crippen LogP contribution in [0.5, 0.6) is 0 Å². The van der Waals surface area contributed by atoms with Crippen LogP contribution in [-0.2, 0) is 12.8 Å². The Morgan fingerprint density at radius 1 is 1.33 bits per heavy atom. The minimum Gasteiger partial charge on any atom is -0.419 e. The number of aryl methyl sites for hydroxylation is 3. The molecule has 0 aliphatic rings. The average molecular weight is 302 g/mol. The van der Waals surface area contributed by atoms with Crippen molar-refractivity contribution in [3.05, 3.63) is 50.3 Å². The Morgan fingerprint density at radius 2 is 2.24 bits per heavy atom. The lowest BCUT2D eigenvalue weighted by atomic mass is 10.2. The number of aromatic nitrogens is 4. The molecule has 0 bridgehead atoms. The molecular weight excluding hydrogens is 288 g/mol. The van der Waals surface area contributed by atoms with Gasteiger partial charge in [-0.1, -0.05) is 6.07 Å². The SMILES string of the molecule is Cc1cc(-c2nnc(CCCc3cccs3)o2)n[nH]c1=O. The average Bonchev–Trinajstić information content (AvgIpc) is 3.13.